The SMILES string of the molecule is NC1(O)CCN(S(=O)(=O)c2cccc(OC(F)(F)F)c2)CC1. The molecule has 3 N–H and O–H groups in total. The standard InChI is InChI=1S/C12H15F3N2O4S/c13-12(14,15)21-9-2-1-3-10(8-9)22(19,20)17-6-4-11(16,18)5-7-17/h1-3,8,18H,4-7,16H2. The number of rotatable bonds is 3. The minimum absolute atomic E-state index is 0.0142. The van der Waals surface area contributed by atoms with E-state index in [0.717, 1.165) is 22.5 Å². The fourth-order valence-electron chi connectivity index (χ4n) is 2.09. The molecule has 0 bridgehead atoms. The van der Waals surface area contributed by atoms with E-state index in [1.807, 2.05) is 0 Å². The topological polar surface area (TPSA) is 92.9 Å². The van der Waals surface area contributed by atoms with E-state index in [1.165, 1.54) is 6.07 Å². The van der Waals surface area contributed by atoms with E-state index in [-0.39, 0.29) is 30.8 Å². The summed E-state index contributed by atoms with van der Waals surface area (Å²) in [7, 11) is -3.97. The molecule has 1 saturated heterocycles. The second-order valence-electron chi connectivity index (χ2n) is 5.03. The van der Waals surface area contributed by atoms with Crippen LogP contribution in [0.3, 0.4) is 0 Å². The van der Waals surface area contributed by atoms with Gasteiger partial charge in [0.05, 0.1) is 4.90 Å². The molecule has 1 aromatic rings. The molecule has 0 radical (unpaired) electrons. The third-order valence-electron chi connectivity index (χ3n) is 3.27. The lowest BCUT2D eigenvalue weighted by atomic mass is 10.0. The van der Waals surface area contributed by atoms with E-state index in [0.29, 0.717) is 0 Å². The second kappa shape index (κ2) is 5.69. The quantitative estimate of drug-likeness (QED) is 0.802. The number of sulfonamides is 1. The Morgan fingerprint density at radius 3 is 2.41 bits per heavy atom. The zero-order valence-electron chi connectivity index (χ0n) is 11.4. The molecule has 0 amide bonds. The van der Waals surface area contributed by atoms with Crippen LogP contribution in [0, 0.1) is 0 Å². The second-order valence-corrected chi connectivity index (χ2v) is 6.97. The highest BCUT2D eigenvalue weighted by Crippen LogP contribution is 2.28. The van der Waals surface area contributed by atoms with Gasteiger partial charge in [-0.05, 0) is 12.1 Å². The van der Waals surface area contributed by atoms with Gasteiger partial charge in [0, 0.05) is 32.0 Å². The van der Waals surface area contributed by atoms with Crippen LogP contribution in [0.5, 0.6) is 5.75 Å². The summed E-state index contributed by atoms with van der Waals surface area (Å²) in [5, 5.41) is 9.61. The number of halogens is 3. The van der Waals surface area contributed by atoms with Crippen LogP contribution in [0.4, 0.5) is 13.2 Å². The molecule has 1 fully saturated rings. The summed E-state index contributed by atoms with van der Waals surface area (Å²) in [6.45, 7) is -0.0284. The highest BCUT2D eigenvalue weighted by atomic mass is 32.2. The van der Waals surface area contributed by atoms with Crippen molar-refractivity contribution in [1.29, 1.82) is 0 Å². The number of ether oxygens (including phenoxy) is 1. The minimum atomic E-state index is -4.90. The van der Waals surface area contributed by atoms with Gasteiger partial charge < -0.3 is 15.6 Å². The summed E-state index contributed by atoms with van der Waals surface area (Å²) in [4.78, 5) is -0.309. The lowest BCUT2D eigenvalue weighted by Gasteiger charge is -2.34. The van der Waals surface area contributed by atoms with Gasteiger partial charge in [-0.3, -0.25) is 0 Å². The van der Waals surface area contributed by atoms with Crippen molar-refractivity contribution >= 4 is 10.0 Å². The fraction of sp³-hybridized carbons (Fsp3) is 0.500. The number of nitrogens with zero attached hydrogens (tertiary/aromatic N) is 1. The van der Waals surface area contributed by atoms with Gasteiger partial charge in [-0.25, -0.2) is 8.42 Å². The van der Waals surface area contributed by atoms with Crippen molar-refractivity contribution in [1.82, 2.24) is 4.31 Å². The molecule has 2 rings (SSSR count). The lowest BCUT2D eigenvalue weighted by Crippen LogP contribution is -2.51. The average molecular weight is 340 g/mol. The highest BCUT2D eigenvalue weighted by molar-refractivity contribution is 7.89. The smallest absolute Gasteiger partial charge is 0.406 e. The van der Waals surface area contributed by atoms with Crippen LogP contribution in [0.15, 0.2) is 29.2 Å². The molecule has 0 atom stereocenters. The van der Waals surface area contributed by atoms with Crippen LogP contribution in [-0.2, 0) is 10.0 Å². The van der Waals surface area contributed by atoms with Crippen LogP contribution >= 0.6 is 0 Å². The van der Waals surface area contributed by atoms with Crippen molar-refractivity contribution in [3.63, 3.8) is 0 Å². The fourth-order valence-corrected chi connectivity index (χ4v) is 3.57. The first-order valence-corrected chi connectivity index (χ1v) is 7.81. The van der Waals surface area contributed by atoms with Crippen LogP contribution in [0.1, 0.15) is 12.8 Å². The molecule has 6 nitrogen and oxygen atoms in total. The van der Waals surface area contributed by atoms with Crippen LogP contribution < -0.4 is 10.5 Å². The molecule has 124 valence electrons. The molecule has 0 aliphatic carbocycles. The molecule has 0 aromatic heterocycles. The summed E-state index contributed by atoms with van der Waals surface area (Å²) < 4.78 is 66.1. The lowest BCUT2D eigenvalue weighted by molar-refractivity contribution is -0.274. The Balaban J connectivity index is 2.21. The van der Waals surface area contributed by atoms with Gasteiger partial charge in [-0.15, -0.1) is 13.2 Å². The van der Waals surface area contributed by atoms with Crippen molar-refractivity contribution in [2.75, 3.05) is 13.1 Å². The predicted octanol–water partition coefficient (Wildman–Crippen LogP) is 1.02. The zero-order chi connectivity index (χ0) is 16.6. The highest BCUT2D eigenvalue weighted by Gasteiger charge is 2.35. The number of piperidine rings is 1. The molecule has 0 spiro atoms. The van der Waals surface area contributed by atoms with Crippen molar-refractivity contribution in [2.24, 2.45) is 5.73 Å². The molecule has 1 aliphatic heterocycles. The summed E-state index contributed by atoms with van der Waals surface area (Å²) in [6, 6.07) is 4.17. The number of hydrogen-bond acceptors (Lipinski definition) is 5. The Labute approximate surface area is 125 Å². The zero-order valence-corrected chi connectivity index (χ0v) is 12.2. The van der Waals surface area contributed by atoms with E-state index < -0.39 is 27.9 Å². The largest absolute Gasteiger partial charge is 0.573 e. The predicted molar refractivity (Wildman–Crippen MR) is 70.3 cm³/mol. The maximum atomic E-state index is 12.4. The maximum Gasteiger partial charge on any atom is 0.573 e. The Bertz CT molecular complexity index is 636. The van der Waals surface area contributed by atoms with E-state index in [9.17, 15) is 26.7 Å². The molecular formula is C12H15F3N2O4S. The van der Waals surface area contributed by atoms with Crippen molar-refractivity contribution in [3.8, 4) is 5.75 Å². The first-order chi connectivity index (χ1) is 10.00. The molecule has 1 heterocycles. The van der Waals surface area contributed by atoms with Gasteiger partial charge in [0.25, 0.3) is 0 Å². The Morgan fingerprint density at radius 2 is 1.86 bits per heavy atom. The van der Waals surface area contributed by atoms with E-state index in [4.69, 9.17) is 5.73 Å². The van der Waals surface area contributed by atoms with Gasteiger partial charge >= 0.3 is 6.36 Å². The normalized spacial score (nSPS) is 19.9. The summed E-state index contributed by atoms with van der Waals surface area (Å²) in [5.41, 5.74) is 4.08. The monoisotopic (exact) mass is 340 g/mol. The average Bonchev–Trinajstić information content (AvgIpc) is 2.36. The molecule has 0 saturated carbocycles. The first kappa shape index (κ1) is 17.0. The first-order valence-electron chi connectivity index (χ1n) is 6.37. The van der Waals surface area contributed by atoms with Gasteiger partial charge in [-0.2, -0.15) is 4.31 Å². The van der Waals surface area contributed by atoms with Gasteiger partial charge in [0.15, 0.2) is 0 Å². The molecule has 1 aliphatic rings. The number of nitrogens with two attached hydrogens (primary N) is 1. The maximum absolute atomic E-state index is 12.4. The van der Waals surface area contributed by atoms with Gasteiger partial charge in [-0.1, -0.05) is 6.07 Å². The third kappa shape index (κ3) is 4.09. The molecule has 22 heavy (non-hydrogen) atoms. The van der Waals surface area contributed by atoms with Crippen molar-refractivity contribution < 1.29 is 31.4 Å². The van der Waals surface area contributed by atoms with E-state index >= 15 is 0 Å². The van der Waals surface area contributed by atoms with Gasteiger partial charge in [0.2, 0.25) is 10.0 Å². The molecule has 1 aromatic carbocycles. The van der Waals surface area contributed by atoms with Crippen molar-refractivity contribution in [3.05, 3.63) is 24.3 Å². The Hall–Kier alpha value is -1.36. The number of alkyl halides is 3. The van der Waals surface area contributed by atoms with Crippen molar-refractivity contribution in [2.45, 2.75) is 29.8 Å². The summed E-state index contributed by atoms with van der Waals surface area (Å²) in [5.74, 6) is -0.610. The Kier molecular flexibility index (Phi) is 4.39. The molecule has 10 heteroatoms. The number of hydrogen-bond donors (Lipinski definition) is 2. The summed E-state index contributed by atoms with van der Waals surface area (Å²) >= 11 is 0. The van der Waals surface area contributed by atoms with Crippen LogP contribution in [0.25, 0.3) is 0 Å². The van der Waals surface area contributed by atoms with Crippen LogP contribution in [-0.4, -0.2) is 43.0 Å². The number of aliphatic hydroxyl groups is 1. The third-order valence-corrected chi connectivity index (χ3v) is 5.16. The molecular weight excluding hydrogens is 325 g/mol. The van der Waals surface area contributed by atoms with E-state index in [1.54, 1.807) is 0 Å². The number of benzene rings is 1. The minimum Gasteiger partial charge on any atom is -0.406 e. The Morgan fingerprint density at radius 1 is 1.27 bits per heavy atom. The van der Waals surface area contributed by atoms with Crippen LogP contribution in [0.2, 0.25) is 0 Å². The summed E-state index contributed by atoms with van der Waals surface area (Å²) in [6.07, 6.45) is -4.81. The van der Waals surface area contributed by atoms with E-state index in [2.05, 4.69) is 4.74 Å². The molecule has 0 unspecified atom stereocenters. The van der Waals surface area contributed by atoms with Gasteiger partial charge in [0.1, 0.15) is 11.5 Å².